The van der Waals surface area contributed by atoms with Crippen LogP contribution in [-0.2, 0) is 14.3 Å². The highest BCUT2D eigenvalue weighted by molar-refractivity contribution is 5.85. The number of hydrogen-bond acceptors (Lipinski definition) is 4. The van der Waals surface area contributed by atoms with Crippen LogP contribution in [0.5, 0.6) is 0 Å². The molecular formula is C10H17NO4. The molecule has 1 unspecified atom stereocenters. The zero-order valence-electron chi connectivity index (χ0n) is 8.94. The summed E-state index contributed by atoms with van der Waals surface area (Å²) in [5.41, 5.74) is 0. The van der Waals surface area contributed by atoms with Crippen molar-refractivity contribution in [3.63, 3.8) is 0 Å². The van der Waals surface area contributed by atoms with Gasteiger partial charge < -0.3 is 14.7 Å². The van der Waals surface area contributed by atoms with E-state index in [1.807, 2.05) is 0 Å². The molecule has 0 aromatic rings. The molecule has 1 atom stereocenters. The van der Waals surface area contributed by atoms with Gasteiger partial charge in [0.25, 0.3) is 0 Å². The van der Waals surface area contributed by atoms with Crippen LogP contribution in [-0.4, -0.2) is 48.2 Å². The summed E-state index contributed by atoms with van der Waals surface area (Å²) in [6, 6.07) is -0.416. The Bertz CT molecular complexity index is 242. The van der Waals surface area contributed by atoms with E-state index in [2.05, 4.69) is 4.74 Å². The maximum absolute atomic E-state index is 11.6. The molecule has 15 heavy (non-hydrogen) atoms. The highest BCUT2D eigenvalue weighted by atomic mass is 16.5. The molecule has 86 valence electrons. The third-order valence-corrected chi connectivity index (χ3v) is 2.60. The molecule has 0 bridgehead atoms. The van der Waals surface area contributed by atoms with E-state index in [9.17, 15) is 9.59 Å². The summed E-state index contributed by atoms with van der Waals surface area (Å²) in [7, 11) is 1.33. The van der Waals surface area contributed by atoms with Crippen molar-refractivity contribution in [3.8, 4) is 0 Å². The van der Waals surface area contributed by atoms with Crippen LogP contribution in [0.4, 0.5) is 0 Å². The van der Waals surface area contributed by atoms with Crippen LogP contribution < -0.4 is 0 Å². The minimum Gasteiger partial charge on any atom is -0.467 e. The number of nitrogens with zero attached hydrogens (tertiary/aromatic N) is 1. The van der Waals surface area contributed by atoms with Crippen LogP contribution in [0.1, 0.15) is 25.7 Å². The van der Waals surface area contributed by atoms with Gasteiger partial charge in [0, 0.05) is 19.6 Å². The van der Waals surface area contributed by atoms with E-state index >= 15 is 0 Å². The summed E-state index contributed by atoms with van der Waals surface area (Å²) < 4.78 is 4.64. The number of hydrogen-bond donors (Lipinski definition) is 1. The fourth-order valence-electron chi connectivity index (χ4n) is 1.82. The lowest BCUT2D eigenvalue weighted by Gasteiger charge is -2.22. The summed E-state index contributed by atoms with van der Waals surface area (Å²) in [6.07, 6.45) is 2.26. The average molecular weight is 215 g/mol. The summed E-state index contributed by atoms with van der Waals surface area (Å²) in [5.74, 6) is -0.415. The Morgan fingerprint density at radius 3 is 2.87 bits per heavy atom. The molecule has 0 saturated carbocycles. The second-order valence-corrected chi connectivity index (χ2v) is 3.60. The maximum atomic E-state index is 11.6. The topological polar surface area (TPSA) is 66.8 Å². The smallest absolute Gasteiger partial charge is 0.328 e. The van der Waals surface area contributed by atoms with Gasteiger partial charge in [0.2, 0.25) is 5.91 Å². The van der Waals surface area contributed by atoms with Crippen molar-refractivity contribution in [1.29, 1.82) is 0 Å². The zero-order valence-corrected chi connectivity index (χ0v) is 8.94. The lowest BCUT2D eigenvalue weighted by molar-refractivity contribution is -0.151. The molecule has 1 aliphatic rings. The standard InChI is InChI=1S/C10H17NO4/c1-15-10(14)8-4-2-6-11(8)9(13)5-3-7-12/h8,12H,2-7H2,1H3. The highest BCUT2D eigenvalue weighted by Gasteiger charge is 2.34. The first-order valence-corrected chi connectivity index (χ1v) is 5.19. The number of rotatable bonds is 4. The fourth-order valence-corrected chi connectivity index (χ4v) is 1.82. The van der Waals surface area contributed by atoms with E-state index in [0.29, 0.717) is 25.8 Å². The van der Waals surface area contributed by atoms with E-state index in [0.717, 1.165) is 6.42 Å². The predicted octanol–water partition coefficient (Wildman–Crippen LogP) is -0.0771. The van der Waals surface area contributed by atoms with Crippen LogP contribution in [0.25, 0.3) is 0 Å². The fraction of sp³-hybridized carbons (Fsp3) is 0.800. The SMILES string of the molecule is COC(=O)C1CCCN1C(=O)CCCO. The number of carbonyl (C=O) groups is 2. The molecule has 0 aromatic heterocycles. The summed E-state index contributed by atoms with van der Waals surface area (Å²) in [5, 5.41) is 8.62. The van der Waals surface area contributed by atoms with Gasteiger partial charge in [-0.1, -0.05) is 0 Å². The average Bonchev–Trinajstić information content (AvgIpc) is 2.73. The number of methoxy groups -OCH3 is 1. The van der Waals surface area contributed by atoms with Crippen molar-refractivity contribution in [2.45, 2.75) is 31.7 Å². The third kappa shape index (κ3) is 2.92. The van der Waals surface area contributed by atoms with E-state index in [4.69, 9.17) is 5.11 Å². The molecule has 1 amide bonds. The molecule has 0 radical (unpaired) electrons. The molecular weight excluding hydrogens is 198 g/mol. The Morgan fingerprint density at radius 2 is 2.27 bits per heavy atom. The van der Waals surface area contributed by atoms with E-state index in [1.165, 1.54) is 7.11 Å². The number of aliphatic hydroxyl groups is 1. The van der Waals surface area contributed by atoms with Gasteiger partial charge in [-0.05, 0) is 19.3 Å². The number of carbonyl (C=O) groups excluding carboxylic acids is 2. The summed E-state index contributed by atoms with van der Waals surface area (Å²) in [6.45, 7) is 0.618. The van der Waals surface area contributed by atoms with Crippen LogP contribution in [0.3, 0.4) is 0 Å². The molecule has 5 nitrogen and oxygen atoms in total. The lowest BCUT2D eigenvalue weighted by atomic mass is 10.2. The highest BCUT2D eigenvalue weighted by Crippen LogP contribution is 2.19. The van der Waals surface area contributed by atoms with Crippen molar-refractivity contribution in [3.05, 3.63) is 0 Å². The van der Waals surface area contributed by atoms with Gasteiger partial charge in [-0.3, -0.25) is 4.79 Å². The number of ether oxygens (including phenoxy) is 1. The van der Waals surface area contributed by atoms with Crippen molar-refractivity contribution in [2.24, 2.45) is 0 Å². The van der Waals surface area contributed by atoms with Gasteiger partial charge in [0.05, 0.1) is 7.11 Å². The van der Waals surface area contributed by atoms with E-state index in [-0.39, 0.29) is 18.5 Å². The predicted molar refractivity (Wildman–Crippen MR) is 53.1 cm³/mol. The molecule has 1 fully saturated rings. The Hall–Kier alpha value is -1.10. The van der Waals surface area contributed by atoms with Crippen LogP contribution in [0, 0.1) is 0 Å². The van der Waals surface area contributed by atoms with Crippen molar-refractivity contribution < 1.29 is 19.4 Å². The molecule has 1 N–H and O–H groups in total. The normalized spacial score (nSPS) is 20.4. The summed E-state index contributed by atoms with van der Waals surface area (Å²) >= 11 is 0. The number of aliphatic hydroxyl groups excluding tert-OH is 1. The minimum atomic E-state index is -0.416. The quantitative estimate of drug-likeness (QED) is 0.666. The Morgan fingerprint density at radius 1 is 1.53 bits per heavy atom. The van der Waals surface area contributed by atoms with Crippen molar-refractivity contribution in [2.75, 3.05) is 20.3 Å². The third-order valence-electron chi connectivity index (χ3n) is 2.60. The zero-order chi connectivity index (χ0) is 11.3. The first kappa shape index (κ1) is 12.0. The molecule has 1 heterocycles. The van der Waals surface area contributed by atoms with E-state index in [1.54, 1.807) is 4.90 Å². The minimum absolute atomic E-state index is 0.00245. The van der Waals surface area contributed by atoms with Crippen LogP contribution in [0.15, 0.2) is 0 Å². The molecule has 1 aliphatic heterocycles. The molecule has 0 aromatic carbocycles. The van der Waals surface area contributed by atoms with Gasteiger partial charge in [0.15, 0.2) is 0 Å². The molecule has 5 heteroatoms. The largest absolute Gasteiger partial charge is 0.467 e. The van der Waals surface area contributed by atoms with Crippen LogP contribution in [0.2, 0.25) is 0 Å². The van der Waals surface area contributed by atoms with E-state index < -0.39 is 6.04 Å². The maximum Gasteiger partial charge on any atom is 0.328 e. The Balaban J connectivity index is 2.52. The lowest BCUT2D eigenvalue weighted by Crippen LogP contribution is -2.41. The molecule has 1 saturated heterocycles. The monoisotopic (exact) mass is 215 g/mol. The number of amides is 1. The molecule has 0 spiro atoms. The van der Waals surface area contributed by atoms with Gasteiger partial charge in [0.1, 0.15) is 6.04 Å². The van der Waals surface area contributed by atoms with Crippen molar-refractivity contribution >= 4 is 11.9 Å². The molecule has 0 aliphatic carbocycles. The summed E-state index contributed by atoms with van der Waals surface area (Å²) in [4.78, 5) is 24.5. The Labute approximate surface area is 89.0 Å². The number of likely N-dealkylation sites (tertiary alicyclic amines) is 1. The van der Waals surface area contributed by atoms with Crippen LogP contribution >= 0.6 is 0 Å². The van der Waals surface area contributed by atoms with Gasteiger partial charge in [-0.15, -0.1) is 0 Å². The Kier molecular flexibility index (Phi) is 4.55. The van der Waals surface area contributed by atoms with Gasteiger partial charge >= 0.3 is 5.97 Å². The number of esters is 1. The second kappa shape index (κ2) is 5.70. The first-order chi connectivity index (χ1) is 7.20. The van der Waals surface area contributed by atoms with Gasteiger partial charge in [-0.2, -0.15) is 0 Å². The second-order valence-electron chi connectivity index (χ2n) is 3.60. The first-order valence-electron chi connectivity index (χ1n) is 5.19. The molecule has 1 rings (SSSR count). The van der Waals surface area contributed by atoms with Crippen molar-refractivity contribution in [1.82, 2.24) is 4.90 Å². The van der Waals surface area contributed by atoms with Gasteiger partial charge in [-0.25, -0.2) is 4.79 Å².